The van der Waals surface area contributed by atoms with Crippen molar-refractivity contribution in [3.8, 4) is 0 Å². The molecule has 0 aromatic heterocycles. The first-order valence-corrected chi connectivity index (χ1v) is 5.90. The molecule has 94 valence electrons. The molecule has 1 aliphatic heterocycles. The van der Waals surface area contributed by atoms with Crippen molar-refractivity contribution in [1.29, 1.82) is 0 Å². The van der Waals surface area contributed by atoms with E-state index in [0.29, 0.717) is 6.41 Å². The van der Waals surface area contributed by atoms with Crippen molar-refractivity contribution in [1.82, 2.24) is 4.90 Å². The summed E-state index contributed by atoms with van der Waals surface area (Å²) in [6.45, 7) is 0.280. The maximum absolute atomic E-state index is 11.2. The van der Waals surface area contributed by atoms with Gasteiger partial charge in [-0.3, -0.25) is 4.79 Å². The van der Waals surface area contributed by atoms with Crippen molar-refractivity contribution in [2.75, 3.05) is 0 Å². The summed E-state index contributed by atoms with van der Waals surface area (Å²) in [5, 5.41) is -0.147. The molecule has 0 radical (unpaired) electrons. The second-order valence-corrected chi connectivity index (χ2v) is 4.47. The Labute approximate surface area is 114 Å². The van der Waals surface area contributed by atoms with E-state index < -0.39 is 12.2 Å². The lowest BCUT2D eigenvalue weighted by atomic mass is 10.2. The van der Waals surface area contributed by atoms with Crippen molar-refractivity contribution in [2.45, 2.75) is 12.8 Å². The quantitative estimate of drug-likeness (QED) is 0.630. The van der Waals surface area contributed by atoms with Crippen LogP contribution in [0.5, 0.6) is 0 Å². The van der Waals surface area contributed by atoms with Crippen molar-refractivity contribution < 1.29 is 14.3 Å². The van der Waals surface area contributed by atoms with Crippen LogP contribution in [0.2, 0.25) is 0 Å². The number of rotatable bonds is 4. The van der Waals surface area contributed by atoms with Crippen LogP contribution in [0.25, 0.3) is 0 Å². The lowest BCUT2D eigenvalue weighted by Gasteiger charge is -2.23. The van der Waals surface area contributed by atoms with E-state index in [1.54, 1.807) is 0 Å². The van der Waals surface area contributed by atoms with Crippen molar-refractivity contribution in [3.63, 3.8) is 0 Å². The first-order chi connectivity index (χ1) is 8.63. The summed E-state index contributed by atoms with van der Waals surface area (Å²) >= 11 is 11.5. The summed E-state index contributed by atoms with van der Waals surface area (Å²) in [6.07, 6.45) is -0.368. The van der Waals surface area contributed by atoms with Gasteiger partial charge in [0.2, 0.25) is 12.6 Å². The van der Waals surface area contributed by atoms with Crippen LogP contribution in [-0.4, -0.2) is 23.5 Å². The van der Waals surface area contributed by atoms with E-state index >= 15 is 0 Å². The molecule has 18 heavy (non-hydrogen) atoms. The molecule has 0 N–H and O–H groups in total. The van der Waals surface area contributed by atoms with Gasteiger partial charge in [-0.25, -0.2) is 4.79 Å². The number of hydrogen-bond donors (Lipinski definition) is 0. The van der Waals surface area contributed by atoms with Crippen LogP contribution in [0.1, 0.15) is 5.56 Å². The molecule has 0 aliphatic carbocycles. The van der Waals surface area contributed by atoms with E-state index in [-0.39, 0.29) is 16.6 Å². The Morgan fingerprint density at radius 3 is 2.44 bits per heavy atom. The fourth-order valence-corrected chi connectivity index (χ4v) is 1.98. The molecule has 2 rings (SSSR count). The van der Waals surface area contributed by atoms with Crippen molar-refractivity contribution in [3.05, 3.63) is 46.0 Å². The molecule has 0 bridgehead atoms. The molecule has 0 fully saturated rings. The van der Waals surface area contributed by atoms with Gasteiger partial charge in [0.25, 0.3) is 0 Å². The summed E-state index contributed by atoms with van der Waals surface area (Å²) in [5.41, 5.74) is 0.896. The summed E-state index contributed by atoms with van der Waals surface area (Å²) in [5.74, 6) is -0.716. The van der Waals surface area contributed by atoms with E-state index in [4.69, 9.17) is 27.9 Å². The number of amides is 1. The number of halogens is 2. The van der Waals surface area contributed by atoms with Gasteiger partial charge in [-0.15, -0.1) is 0 Å². The van der Waals surface area contributed by atoms with Gasteiger partial charge >= 0.3 is 5.97 Å². The lowest BCUT2D eigenvalue weighted by molar-refractivity contribution is -0.149. The van der Waals surface area contributed by atoms with Gasteiger partial charge in [0.05, 0.1) is 0 Å². The van der Waals surface area contributed by atoms with Gasteiger partial charge in [0.15, 0.2) is 0 Å². The highest BCUT2D eigenvalue weighted by molar-refractivity contribution is 6.48. The first kappa shape index (κ1) is 12.9. The van der Waals surface area contributed by atoms with E-state index in [1.807, 2.05) is 30.3 Å². The number of nitrogens with zero attached hydrogens (tertiary/aromatic N) is 1. The third kappa shape index (κ3) is 2.49. The zero-order valence-electron chi connectivity index (χ0n) is 9.18. The average molecular weight is 286 g/mol. The number of carbonyl (C=O) groups is 2. The van der Waals surface area contributed by atoms with Crippen LogP contribution >= 0.6 is 23.2 Å². The third-order valence-electron chi connectivity index (χ3n) is 2.47. The second-order valence-electron chi connectivity index (χ2n) is 3.68. The largest absolute Gasteiger partial charge is 0.432 e. The predicted molar refractivity (Wildman–Crippen MR) is 66.7 cm³/mol. The Morgan fingerprint density at radius 1 is 1.28 bits per heavy atom. The Hall–Kier alpha value is -1.52. The fraction of sp³-hybridized carbons (Fsp3) is 0.167. The van der Waals surface area contributed by atoms with Crippen LogP contribution in [0.3, 0.4) is 0 Å². The monoisotopic (exact) mass is 285 g/mol. The minimum absolute atomic E-state index is 0.0321. The normalized spacial score (nSPS) is 18.8. The van der Waals surface area contributed by atoms with Crippen LogP contribution in [0.15, 0.2) is 40.4 Å². The fourth-order valence-electron chi connectivity index (χ4n) is 1.59. The van der Waals surface area contributed by atoms with Crippen LogP contribution in [0, 0.1) is 0 Å². The Balaban J connectivity index is 2.16. The highest BCUT2D eigenvalue weighted by atomic mass is 35.5. The summed E-state index contributed by atoms with van der Waals surface area (Å²) < 4.78 is 4.93. The smallest absolute Gasteiger partial charge is 0.353 e. The number of benzene rings is 1. The molecule has 0 spiro atoms. The molecule has 1 aliphatic rings. The van der Waals surface area contributed by atoms with Crippen LogP contribution < -0.4 is 0 Å². The molecule has 1 amide bonds. The Morgan fingerprint density at radius 2 is 1.94 bits per heavy atom. The highest BCUT2D eigenvalue weighted by Crippen LogP contribution is 2.30. The van der Waals surface area contributed by atoms with E-state index in [1.165, 1.54) is 4.90 Å². The number of ether oxygens (including phenoxy) is 1. The van der Waals surface area contributed by atoms with E-state index in [9.17, 15) is 9.59 Å². The second kappa shape index (κ2) is 5.42. The van der Waals surface area contributed by atoms with E-state index in [2.05, 4.69) is 0 Å². The van der Waals surface area contributed by atoms with Crippen LogP contribution in [-0.2, 0) is 20.9 Å². The van der Waals surface area contributed by atoms with Gasteiger partial charge in [0.1, 0.15) is 10.1 Å². The maximum atomic E-state index is 11.2. The molecule has 4 nitrogen and oxygen atoms in total. The number of carbonyl (C=O) groups excluding carboxylic acids is 2. The van der Waals surface area contributed by atoms with Gasteiger partial charge in [-0.05, 0) is 5.56 Å². The average Bonchev–Trinajstić information content (AvgIpc) is 2.65. The summed E-state index contributed by atoms with van der Waals surface area (Å²) in [6, 6.07) is 9.28. The molecule has 1 aromatic rings. The molecule has 0 saturated heterocycles. The predicted octanol–water partition coefficient (Wildman–Crippen LogP) is 2.22. The molecule has 6 heteroatoms. The number of esters is 1. The third-order valence-corrected chi connectivity index (χ3v) is 3.30. The molecule has 0 saturated carbocycles. The van der Waals surface area contributed by atoms with Crippen molar-refractivity contribution >= 4 is 35.6 Å². The summed E-state index contributed by atoms with van der Waals surface area (Å²) in [7, 11) is 0. The Kier molecular flexibility index (Phi) is 3.89. The molecule has 1 atom stereocenters. The lowest BCUT2D eigenvalue weighted by Crippen LogP contribution is -2.34. The molecule has 1 aromatic carbocycles. The molecular formula is C12H9Cl2NO3. The standard InChI is InChI=1S/C12H9Cl2NO3/c13-9-10(14)12(17)18-11(9)15(7-16)6-8-4-2-1-3-5-8/h1-5,7,11H,6H2. The zero-order chi connectivity index (χ0) is 13.1. The van der Waals surface area contributed by atoms with Gasteiger partial charge in [-0.2, -0.15) is 0 Å². The number of cyclic esters (lactones) is 1. The molecular weight excluding hydrogens is 277 g/mol. The highest BCUT2D eigenvalue weighted by Gasteiger charge is 2.36. The minimum atomic E-state index is -0.940. The van der Waals surface area contributed by atoms with Gasteiger partial charge in [0, 0.05) is 6.54 Å². The molecule has 1 heterocycles. The van der Waals surface area contributed by atoms with Crippen molar-refractivity contribution in [2.24, 2.45) is 0 Å². The van der Waals surface area contributed by atoms with Gasteiger partial charge in [-0.1, -0.05) is 53.5 Å². The number of hydrogen-bond acceptors (Lipinski definition) is 3. The minimum Gasteiger partial charge on any atom is -0.432 e. The zero-order valence-corrected chi connectivity index (χ0v) is 10.7. The maximum Gasteiger partial charge on any atom is 0.353 e. The first-order valence-electron chi connectivity index (χ1n) is 5.14. The van der Waals surface area contributed by atoms with Crippen LogP contribution in [0.4, 0.5) is 0 Å². The Bertz CT molecular complexity index is 501. The molecule has 1 unspecified atom stereocenters. The summed E-state index contributed by atoms with van der Waals surface area (Å²) in [4.78, 5) is 23.6. The topological polar surface area (TPSA) is 46.6 Å². The van der Waals surface area contributed by atoms with E-state index in [0.717, 1.165) is 5.56 Å². The van der Waals surface area contributed by atoms with Gasteiger partial charge < -0.3 is 9.64 Å². The SMILES string of the molecule is O=CN(Cc1ccccc1)C1OC(=O)C(Cl)=C1Cl.